The van der Waals surface area contributed by atoms with Crippen LogP contribution in [0.25, 0.3) is 0 Å². The van der Waals surface area contributed by atoms with Crippen LogP contribution in [0.2, 0.25) is 0 Å². The number of carbonyl (C=O) groups excluding carboxylic acids is 1. The lowest BCUT2D eigenvalue weighted by Crippen LogP contribution is -2.14. The molecule has 0 radical (unpaired) electrons. The molecule has 1 aromatic heterocycles. The van der Waals surface area contributed by atoms with E-state index in [2.05, 4.69) is 4.98 Å². The van der Waals surface area contributed by atoms with Gasteiger partial charge in [-0.05, 0) is 4.92 Å². The van der Waals surface area contributed by atoms with E-state index in [1.165, 1.54) is 6.07 Å². The van der Waals surface area contributed by atoms with Crippen LogP contribution in [0.3, 0.4) is 0 Å². The molecule has 14 heavy (non-hydrogen) atoms. The maximum absolute atomic E-state index is 10.8. The quantitative estimate of drug-likeness (QED) is 0.449. The molecule has 0 unspecified atom stereocenters. The second-order valence-corrected chi connectivity index (χ2v) is 2.65. The predicted octanol–water partition coefficient (Wildman–Crippen LogP) is -0.443. The number of hydrogen-bond acceptors (Lipinski definition) is 4. The molecule has 76 valence electrons. The van der Waals surface area contributed by atoms with Gasteiger partial charge in [-0.2, -0.15) is 0 Å². The van der Waals surface area contributed by atoms with Crippen LogP contribution in [0.5, 0.6) is 0 Å². The number of nitrogens with two attached hydrogens (primary N) is 1. The summed E-state index contributed by atoms with van der Waals surface area (Å²) >= 11 is 0. The summed E-state index contributed by atoms with van der Waals surface area (Å²) in [5, 5.41) is 19.0. The Bertz CT molecular complexity index is 371. The highest BCUT2D eigenvalue weighted by Gasteiger charge is 2.19. The zero-order valence-corrected chi connectivity index (χ0v) is 7.19. The van der Waals surface area contributed by atoms with Crippen molar-refractivity contribution in [2.24, 2.45) is 5.73 Å². The SMILES string of the molecule is NC(=O)c1[nH]c([N+](=O)[O-])cc1CCO. The van der Waals surface area contributed by atoms with Gasteiger partial charge >= 0.3 is 5.82 Å². The van der Waals surface area contributed by atoms with Gasteiger partial charge in [-0.1, -0.05) is 0 Å². The van der Waals surface area contributed by atoms with Gasteiger partial charge in [0.05, 0.1) is 0 Å². The van der Waals surface area contributed by atoms with E-state index in [0.717, 1.165) is 0 Å². The van der Waals surface area contributed by atoms with Gasteiger partial charge in [-0.25, -0.2) is 4.98 Å². The number of primary amides is 1. The summed E-state index contributed by atoms with van der Waals surface area (Å²) in [6.45, 7) is -0.199. The highest BCUT2D eigenvalue weighted by atomic mass is 16.6. The van der Waals surface area contributed by atoms with Gasteiger partial charge in [0.2, 0.25) is 0 Å². The fourth-order valence-electron chi connectivity index (χ4n) is 1.12. The lowest BCUT2D eigenvalue weighted by atomic mass is 10.2. The lowest BCUT2D eigenvalue weighted by Gasteiger charge is -1.92. The highest BCUT2D eigenvalue weighted by molar-refractivity contribution is 5.93. The first-order chi connectivity index (χ1) is 6.56. The molecule has 7 heteroatoms. The number of nitrogens with zero attached hydrogens (tertiary/aromatic N) is 1. The molecule has 1 amide bonds. The van der Waals surface area contributed by atoms with Gasteiger partial charge in [0, 0.05) is 24.7 Å². The number of aromatic nitrogens is 1. The fourth-order valence-corrected chi connectivity index (χ4v) is 1.12. The fraction of sp³-hybridized carbons (Fsp3) is 0.286. The summed E-state index contributed by atoms with van der Waals surface area (Å²) in [6, 6.07) is 1.19. The number of carbonyl (C=O) groups is 1. The van der Waals surface area contributed by atoms with E-state index in [-0.39, 0.29) is 24.5 Å². The summed E-state index contributed by atoms with van der Waals surface area (Å²) in [6.07, 6.45) is 0.155. The molecule has 0 aliphatic carbocycles. The van der Waals surface area contributed by atoms with E-state index in [4.69, 9.17) is 10.8 Å². The Morgan fingerprint density at radius 3 is 2.79 bits per heavy atom. The standard InChI is InChI=1S/C7H9N3O4/c8-7(12)6-4(1-2-11)3-5(9-6)10(13)14/h3,9,11H,1-2H2,(H2,8,12). The maximum Gasteiger partial charge on any atom is 0.321 e. The number of rotatable bonds is 4. The van der Waals surface area contributed by atoms with E-state index in [1.54, 1.807) is 0 Å². The topological polar surface area (TPSA) is 122 Å². The molecule has 0 aliphatic heterocycles. The van der Waals surface area contributed by atoms with Crippen LogP contribution in [0.4, 0.5) is 5.82 Å². The normalized spacial score (nSPS) is 10.1. The summed E-state index contributed by atoms with van der Waals surface area (Å²) in [5.41, 5.74) is 5.31. The zero-order valence-electron chi connectivity index (χ0n) is 7.19. The molecule has 1 aromatic rings. The van der Waals surface area contributed by atoms with Crippen molar-refractivity contribution in [2.75, 3.05) is 6.61 Å². The molecular formula is C7H9N3O4. The van der Waals surface area contributed by atoms with Crippen molar-refractivity contribution >= 4 is 11.7 Å². The summed E-state index contributed by atoms with van der Waals surface area (Å²) in [7, 11) is 0. The number of nitro groups is 1. The van der Waals surface area contributed by atoms with Crippen molar-refractivity contribution in [1.29, 1.82) is 0 Å². The van der Waals surface area contributed by atoms with Crippen molar-refractivity contribution in [3.8, 4) is 0 Å². The Morgan fingerprint density at radius 1 is 1.71 bits per heavy atom. The van der Waals surface area contributed by atoms with Crippen LogP contribution in [0.1, 0.15) is 16.1 Å². The van der Waals surface area contributed by atoms with Crippen LogP contribution >= 0.6 is 0 Å². The number of amides is 1. The van der Waals surface area contributed by atoms with Gasteiger partial charge in [-0.3, -0.25) is 4.79 Å². The highest BCUT2D eigenvalue weighted by Crippen LogP contribution is 2.16. The molecule has 0 bridgehead atoms. The summed E-state index contributed by atoms with van der Waals surface area (Å²) in [4.78, 5) is 22.8. The average Bonchev–Trinajstić information content (AvgIpc) is 2.49. The zero-order chi connectivity index (χ0) is 10.7. The minimum atomic E-state index is -0.776. The Balaban J connectivity index is 3.12. The molecule has 0 fully saturated rings. The largest absolute Gasteiger partial charge is 0.396 e. The van der Waals surface area contributed by atoms with Crippen molar-refractivity contribution < 1.29 is 14.8 Å². The number of nitrogens with one attached hydrogen (secondary N) is 1. The Labute approximate surface area is 78.7 Å². The van der Waals surface area contributed by atoms with Crippen molar-refractivity contribution in [1.82, 2.24) is 4.98 Å². The number of aromatic amines is 1. The Hall–Kier alpha value is -1.89. The van der Waals surface area contributed by atoms with Crippen LogP contribution in [0, 0.1) is 10.1 Å². The van der Waals surface area contributed by atoms with Gasteiger partial charge in [0.25, 0.3) is 5.91 Å². The second-order valence-electron chi connectivity index (χ2n) is 2.65. The Morgan fingerprint density at radius 2 is 2.36 bits per heavy atom. The molecule has 0 aliphatic rings. The van der Waals surface area contributed by atoms with Gasteiger partial charge in [-0.15, -0.1) is 0 Å². The number of H-pyrrole nitrogens is 1. The van der Waals surface area contributed by atoms with E-state index in [1.807, 2.05) is 0 Å². The number of aliphatic hydroxyl groups excluding tert-OH is 1. The molecule has 0 spiro atoms. The second kappa shape index (κ2) is 3.88. The van der Waals surface area contributed by atoms with E-state index < -0.39 is 10.8 Å². The monoisotopic (exact) mass is 199 g/mol. The molecule has 0 saturated heterocycles. The molecule has 7 nitrogen and oxygen atoms in total. The van der Waals surface area contributed by atoms with Crippen LogP contribution < -0.4 is 5.73 Å². The van der Waals surface area contributed by atoms with Crippen molar-refractivity contribution in [3.63, 3.8) is 0 Å². The minimum absolute atomic E-state index is 0.0225. The van der Waals surface area contributed by atoms with Crippen LogP contribution in [0.15, 0.2) is 6.07 Å². The average molecular weight is 199 g/mol. The van der Waals surface area contributed by atoms with Crippen molar-refractivity contribution in [2.45, 2.75) is 6.42 Å². The van der Waals surface area contributed by atoms with E-state index in [9.17, 15) is 14.9 Å². The first-order valence-electron chi connectivity index (χ1n) is 3.83. The van der Waals surface area contributed by atoms with Crippen LogP contribution in [-0.4, -0.2) is 27.5 Å². The first-order valence-corrected chi connectivity index (χ1v) is 3.83. The van der Waals surface area contributed by atoms with E-state index >= 15 is 0 Å². The molecule has 0 saturated carbocycles. The minimum Gasteiger partial charge on any atom is -0.396 e. The molecule has 1 rings (SSSR count). The smallest absolute Gasteiger partial charge is 0.321 e. The molecule has 0 aromatic carbocycles. The first kappa shape index (κ1) is 10.2. The third-order valence-electron chi connectivity index (χ3n) is 1.71. The molecule has 4 N–H and O–H groups in total. The van der Waals surface area contributed by atoms with Crippen LogP contribution in [-0.2, 0) is 6.42 Å². The number of aliphatic hydroxyl groups is 1. The predicted molar refractivity (Wildman–Crippen MR) is 46.8 cm³/mol. The summed E-state index contributed by atoms with van der Waals surface area (Å²) < 4.78 is 0. The maximum atomic E-state index is 10.8. The van der Waals surface area contributed by atoms with Gasteiger partial charge < -0.3 is 21.0 Å². The summed E-state index contributed by atoms with van der Waals surface area (Å²) in [5.74, 6) is -1.08. The van der Waals surface area contributed by atoms with Crippen molar-refractivity contribution in [3.05, 3.63) is 27.4 Å². The third kappa shape index (κ3) is 1.88. The van der Waals surface area contributed by atoms with Gasteiger partial charge in [0.1, 0.15) is 0 Å². The molecular weight excluding hydrogens is 190 g/mol. The van der Waals surface area contributed by atoms with Gasteiger partial charge in [0.15, 0.2) is 5.69 Å². The molecule has 1 heterocycles. The lowest BCUT2D eigenvalue weighted by molar-refractivity contribution is -0.389. The Kier molecular flexibility index (Phi) is 2.82. The molecule has 0 atom stereocenters. The third-order valence-corrected chi connectivity index (χ3v) is 1.71. The van der Waals surface area contributed by atoms with E-state index in [0.29, 0.717) is 5.56 Å². The number of hydrogen-bond donors (Lipinski definition) is 3.